The fourth-order valence-electron chi connectivity index (χ4n) is 2.25. The number of alkyl halides is 1. The van der Waals surface area contributed by atoms with Gasteiger partial charge in [-0.25, -0.2) is 13.8 Å². The van der Waals surface area contributed by atoms with Gasteiger partial charge in [-0.15, -0.1) is 11.6 Å². The molecule has 0 unspecified atom stereocenters. The van der Waals surface area contributed by atoms with Crippen LogP contribution in [0.5, 0.6) is 0 Å². The second kappa shape index (κ2) is 5.15. The average Bonchev–Trinajstić information content (AvgIpc) is 2.84. The minimum absolute atomic E-state index is 0.0819. The molecule has 0 amide bonds. The van der Waals surface area contributed by atoms with E-state index >= 15 is 0 Å². The first-order chi connectivity index (χ1) is 10.1. The summed E-state index contributed by atoms with van der Waals surface area (Å²) in [6, 6.07) is 9.89. The number of imidazole rings is 1. The Labute approximate surface area is 124 Å². The van der Waals surface area contributed by atoms with Crippen molar-refractivity contribution < 1.29 is 8.78 Å². The molecule has 1 heterocycles. The lowest BCUT2D eigenvalue weighted by molar-refractivity contribution is 0.626. The first-order valence-electron chi connectivity index (χ1n) is 6.07. The minimum Gasteiger partial charge on any atom is -0.294 e. The molecule has 0 N–H and O–H groups in total. The van der Waals surface area contributed by atoms with Crippen LogP contribution in [-0.4, -0.2) is 9.55 Å². The van der Waals surface area contributed by atoms with Gasteiger partial charge in [0.1, 0.15) is 23.5 Å². The maximum Gasteiger partial charge on any atom is 0.129 e. The van der Waals surface area contributed by atoms with Crippen molar-refractivity contribution in [2.75, 3.05) is 0 Å². The minimum atomic E-state index is -0.515. The lowest BCUT2D eigenvalue weighted by atomic mass is 10.1. The molecule has 0 fully saturated rings. The van der Waals surface area contributed by atoms with Crippen LogP contribution in [0.3, 0.4) is 0 Å². The summed E-state index contributed by atoms with van der Waals surface area (Å²) in [6.07, 6.45) is 0. The van der Waals surface area contributed by atoms with Gasteiger partial charge in [0.2, 0.25) is 0 Å². The molecule has 3 nitrogen and oxygen atoms in total. The normalized spacial score (nSPS) is 10.8. The van der Waals surface area contributed by atoms with Crippen molar-refractivity contribution in [1.82, 2.24) is 9.55 Å². The van der Waals surface area contributed by atoms with Crippen LogP contribution in [0.1, 0.15) is 11.4 Å². The summed E-state index contributed by atoms with van der Waals surface area (Å²) in [4.78, 5) is 4.31. The predicted molar refractivity (Wildman–Crippen MR) is 75.3 cm³/mol. The summed E-state index contributed by atoms with van der Waals surface area (Å²) in [5, 5.41) is 9.17. The van der Waals surface area contributed by atoms with E-state index in [0.717, 1.165) is 6.07 Å². The first-order valence-corrected chi connectivity index (χ1v) is 6.60. The van der Waals surface area contributed by atoms with Gasteiger partial charge in [-0.2, -0.15) is 5.26 Å². The zero-order valence-corrected chi connectivity index (χ0v) is 11.4. The van der Waals surface area contributed by atoms with E-state index in [9.17, 15) is 14.0 Å². The maximum absolute atomic E-state index is 13.5. The van der Waals surface area contributed by atoms with E-state index in [-0.39, 0.29) is 11.4 Å². The molecule has 3 aromatic rings. The highest BCUT2D eigenvalue weighted by atomic mass is 35.5. The molecule has 0 saturated heterocycles. The van der Waals surface area contributed by atoms with Crippen molar-refractivity contribution in [3.8, 4) is 11.8 Å². The Morgan fingerprint density at radius 2 is 1.86 bits per heavy atom. The molecule has 0 aliphatic rings. The average molecular weight is 304 g/mol. The molecule has 21 heavy (non-hydrogen) atoms. The van der Waals surface area contributed by atoms with Crippen molar-refractivity contribution >= 4 is 22.6 Å². The van der Waals surface area contributed by atoms with Crippen LogP contribution >= 0.6 is 11.6 Å². The molecule has 1 aromatic heterocycles. The summed E-state index contributed by atoms with van der Waals surface area (Å²) >= 11 is 5.89. The van der Waals surface area contributed by atoms with Crippen molar-refractivity contribution in [3.05, 3.63) is 59.4 Å². The number of fused-ring (bicyclic) bond motifs is 1. The Hall–Kier alpha value is -2.45. The van der Waals surface area contributed by atoms with Gasteiger partial charge in [0.05, 0.1) is 28.2 Å². The zero-order valence-electron chi connectivity index (χ0n) is 10.6. The summed E-state index contributed by atoms with van der Waals surface area (Å²) in [5.74, 6) is -0.400. The van der Waals surface area contributed by atoms with Crippen LogP contribution in [0.2, 0.25) is 0 Å². The van der Waals surface area contributed by atoms with Crippen LogP contribution < -0.4 is 0 Å². The van der Waals surface area contributed by atoms with Gasteiger partial charge >= 0.3 is 0 Å². The third-order valence-electron chi connectivity index (χ3n) is 3.13. The molecule has 3 rings (SSSR count). The quantitative estimate of drug-likeness (QED) is 0.673. The number of nitrogens with zero attached hydrogens (tertiary/aromatic N) is 3. The molecule has 0 saturated carbocycles. The topological polar surface area (TPSA) is 41.6 Å². The number of nitriles is 1. The van der Waals surface area contributed by atoms with Crippen molar-refractivity contribution in [2.45, 2.75) is 5.88 Å². The van der Waals surface area contributed by atoms with E-state index in [2.05, 4.69) is 4.98 Å². The fraction of sp³-hybridized carbons (Fsp3) is 0.0667. The second-order valence-electron chi connectivity index (χ2n) is 4.40. The molecule has 0 aliphatic heterocycles. The maximum atomic E-state index is 13.5. The Morgan fingerprint density at radius 1 is 1.14 bits per heavy atom. The highest BCUT2D eigenvalue weighted by molar-refractivity contribution is 6.17. The summed E-state index contributed by atoms with van der Waals surface area (Å²) in [6.45, 7) is 0. The van der Waals surface area contributed by atoms with E-state index in [0.29, 0.717) is 22.5 Å². The third-order valence-corrected chi connectivity index (χ3v) is 3.36. The number of aromatic nitrogens is 2. The molecule has 0 spiro atoms. The predicted octanol–water partition coefficient (Wildman–Crippen LogP) is 3.91. The lowest BCUT2D eigenvalue weighted by Crippen LogP contribution is -2.02. The second-order valence-corrected chi connectivity index (χ2v) is 4.67. The van der Waals surface area contributed by atoms with Crippen molar-refractivity contribution in [1.29, 1.82) is 5.26 Å². The highest BCUT2D eigenvalue weighted by Gasteiger charge is 2.15. The van der Waals surface area contributed by atoms with Gasteiger partial charge in [-0.3, -0.25) is 4.57 Å². The van der Waals surface area contributed by atoms with Crippen molar-refractivity contribution in [3.63, 3.8) is 0 Å². The Morgan fingerprint density at radius 3 is 2.57 bits per heavy atom. The Bertz CT molecular complexity index is 880. The van der Waals surface area contributed by atoms with Gasteiger partial charge in [0.15, 0.2) is 0 Å². The summed E-state index contributed by atoms with van der Waals surface area (Å²) in [7, 11) is 0. The van der Waals surface area contributed by atoms with Crippen LogP contribution in [0, 0.1) is 23.0 Å². The summed E-state index contributed by atoms with van der Waals surface area (Å²) in [5.41, 5.74) is 1.58. The van der Waals surface area contributed by atoms with Crippen LogP contribution in [0.15, 0.2) is 36.4 Å². The molecule has 0 aliphatic carbocycles. The molecule has 2 aromatic carbocycles. The van der Waals surface area contributed by atoms with E-state index in [1.54, 1.807) is 4.57 Å². The number of halogens is 3. The number of benzene rings is 2. The van der Waals surface area contributed by atoms with Gasteiger partial charge < -0.3 is 0 Å². The third kappa shape index (κ3) is 2.24. The monoisotopic (exact) mass is 303 g/mol. The molecule has 6 heteroatoms. The Balaban J connectivity index is 2.39. The van der Waals surface area contributed by atoms with Gasteiger partial charge in [0, 0.05) is 6.07 Å². The van der Waals surface area contributed by atoms with Crippen LogP contribution in [-0.2, 0) is 5.88 Å². The molecule has 104 valence electrons. The van der Waals surface area contributed by atoms with E-state index in [4.69, 9.17) is 11.6 Å². The van der Waals surface area contributed by atoms with Gasteiger partial charge in [0.25, 0.3) is 0 Å². The van der Waals surface area contributed by atoms with Gasteiger partial charge in [-0.05, 0) is 30.3 Å². The number of rotatable bonds is 2. The van der Waals surface area contributed by atoms with Crippen LogP contribution in [0.25, 0.3) is 16.7 Å². The molecule has 0 bridgehead atoms. The molecular formula is C15H8ClF2N3. The molecule has 0 radical (unpaired) electrons. The zero-order chi connectivity index (χ0) is 15.0. The number of hydrogen-bond donors (Lipinski definition) is 0. The molecule has 0 atom stereocenters. The largest absolute Gasteiger partial charge is 0.294 e. The SMILES string of the molecule is N#Cc1cc(F)ccc1-n1c(CCl)nc2ccc(F)cc21. The highest BCUT2D eigenvalue weighted by Crippen LogP contribution is 2.26. The van der Waals surface area contributed by atoms with E-state index in [1.165, 1.54) is 30.3 Å². The van der Waals surface area contributed by atoms with Gasteiger partial charge in [-0.1, -0.05) is 0 Å². The van der Waals surface area contributed by atoms with E-state index in [1.807, 2.05) is 6.07 Å². The lowest BCUT2D eigenvalue weighted by Gasteiger charge is -2.09. The van der Waals surface area contributed by atoms with E-state index < -0.39 is 11.6 Å². The molecular weight excluding hydrogens is 296 g/mol. The van der Waals surface area contributed by atoms with Crippen LogP contribution in [0.4, 0.5) is 8.78 Å². The smallest absolute Gasteiger partial charge is 0.129 e. The fourth-order valence-corrected chi connectivity index (χ4v) is 2.43. The number of hydrogen-bond acceptors (Lipinski definition) is 2. The first kappa shape index (κ1) is 13.5. The Kier molecular flexibility index (Phi) is 3.32. The van der Waals surface area contributed by atoms with Crippen molar-refractivity contribution in [2.24, 2.45) is 0 Å². The summed E-state index contributed by atoms with van der Waals surface area (Å²) < 4.78 is 28.3. The standard InChI is InChI=1S/C15H8ClF2N3/c16-7-15-20-12-3-1-11(18)6-14(12)21(15)13-4-2-10(17)5-9(13)8-19/h1-6H,7H2.